The highest BCUT2D eigenvalue weighted by Crippen LogP contribution is 2.19. The lowest BCUT2D eigenvalue weighted by Crippen LogP contribution is -2.47. The average Bonchev–Trinajstić information content (AvgIpc) is 2.74. The van der Waals surface area contributed by atoms with Gasteiger partial charge in [-0.2, -0.15) is 0 Å². The molecular formula is C23H23FN4O2. The third-order valence-electron chi connectivity index (χ3n) is 5.36. The molecule has 3 aromatic rings. The van der Waals surface area contributed by atoms with Gasteiger partial charge in [0, 0.05) is 36.3 Å². The predicted molar refractivity (Wildman–Crippen MR) is 114 cm³/mol. The number of aromatic nitrogens is 1. The fraction of sp³-hybridized carbons (Fsp3) is 0.261. The smallest absolute Gasteiger partial charge is 0.321 e. The summed E-state index contributed by atoms with van der Waals surface area (Å²) in [5.74, 6) is -0.548. The summed E-state index contributed by atoms with van der Waals surface area (Å²) in [6.45, 7) is 2.88. The lowest BCUT2D eigenvalue weighted by Gasteiger charge is -2.32. The van der Waals surface area contributed by atoms with Crippen LogP contribution in [-0.4, -0.2) is 41.0 Å². The number of rotatable bonds is 3. The molecule has 2 aromatic carbocycles. The zero-order chi connectivity index (χ0) is 21.1. The molecule has 3 amide bonds. The second-order valence-electron chi connectivity index (χ2n) is 7.49. The third-order valence-corrected chi connectivity index (χ3v) is 5.36. The maximum absolute atomic E-state index is 13.4. The van der Waals surface area contributed by atoms with Gasteiger partial charge in [0.1, 0.15) is 5.82 Å². The number of benzene rings is 2. The Bertz CT molecular complexity index is 1080. The summed E-state index contributed by atoms with van der Waals surface area (Å²) >= 11 is 0. The van der Waals surface area contributed by atoms with Gasteiger partial charge in [-0.25, -0.2) is 9.18 Å². The van der Waals surface area contributed by atoms with Crippen LogP contribution in [0.1, 0.15) is 28.9 Å². The predicted octanol–water partition coefficient (Wildman–Crippen LogP) is 4.11. The van der Waals surface area contributed by atoms with Crippen molar-refractivity contribution in [3.05, 3.63) is 71.7 Å². The standard InChI is InChI=1S/C23H23FN4O2/c1-15-20(13-16-7-8-17(24)14-21(16)25-15)22(29)26-19-9-11-28(12-10-19)23(30)27-18-5-3-2-4-6-18/h2-8,13-14,19H,9-12H2,1H3,(H,26,29)(H,27,30). The Morgan fingerprint density at radius 3 is 2.53 bits per heavy atom. The molecule has 1 fully saturated rings. The summed E-state index contributed by atoms with van der Waals surface area (Å²) in [4.78, 5) is 31.3. The number of fused-ring (bicyclic) bond motifs is 1. The molecule has 0 radical (unpaired) electrons. The molecule has 0 aliphatic carbocycles. The molecule has 1 aliphatic rings. The highest BCUT2D eigenvalue weighted by molar-refractivity contribution is 5.98. The Balaban J connectivity index is 1.35. The van der Waals surface area contributed by atoms with Crippen LogP contribution >= 0.6 is 0 Å². The van der Waals surface area contributed by atoms with Gasteiger partial charge >= 0.3 is 6.03 Å². The van der Waals surface area contributed by atoms with Crippen molar-refractivity contribution < 1.29 is 14.0 Å². The van der Waals surface area contributed by atoms with Gasteiger partial charge in [0.05, 0.1) is 16.8 Å². The zero-order valence-electron chi connectivity index (χ0n) is 16.7. The van der Waals surface area contributed by atoms with Crippen molar-refractivity contribution in [3.63, 3.8) is 0 Å². The van der Waals surface area contributed by atoms with Crippen molar-refractivity contribution in [2.24, 2.45) is 0 Å². The number of piperidine rings is 1. The molecule has 2 heterocycles. The maximum atomic E-state index is 13.4. The first-order chi connectivity index (χ1) is 14.5. The molecule has 7 heteroatoms. The van der Waals surface area contributed by atoms with Crippen LogP contribution < -0.4 is 10.6 Å². The number of anilines is 1. The average molecular weight is 406 g/mol. The molecule has 1 aliphatic heterocycles. The Morgan fingerprint density at radius 2 is 1.80 bits per heavy atom. The van der Waals surface area contributed by atoms with Gasteiger partial charge in [0.2, 0.25) is 0 Å². The van der Waals surface area contributed by atoms with E-state index >= 15 is 0 Å². The summed E-state index contributed by atoms with van der Waals surface area (Å²) in [6.07, 6.45) is 1.36. The Morgan fingerprint density at radius 1 is 1.07 bits per heavy atom. The van der Waals surface area contributed by atoms with Gasteiger partial charge in [-0.15, -0.1) is 0 Å². The van der Waals surface area contributed by atoms with E-state index in [2.05, 4.69) is 15.6 Å². The van der Waals surface area contributed by atoms with E-state index in [4.69, 9.17) is 0 Å². The van der Waals surface area contributed by atoms with E-state index in [1.807, 2.05) is 30.3 Å². The number of halogens is 1. The first kappa shape index (κ1) is 19.8. The maximum Gasteiger partial charge on any atom is 0.321 e. The number of likely N-dealkylation sites (tertiary alicyclic amines) is 1. The lowest BCUT2D eigenvalue weighted by molar-refractivity contribution is 0.0918. The van der Waals surface area contributed by atoms with E-state index in [1.54, 1.807) is 24.0 Å². The molecule has 30 heavy (non-hydrogen) atoms. The van der Waals surface area contributed by atoms with E-state index in [1.165, 1.54) is 12.1 Å². The summed E-state index contributed by atoms with van der Waals surface area (Å²) < 4.78 is 13.4. The van der Waals surface area contributed by atoms with Gasteiger partial charge in [-0.1, -0.05) is 18.2 Å². The van der Waals surface area contributed by atoms with Crippen molar-refractivity contribution in [1.29, 1.82) is 0 Å². The number of para-hydroxylation sites is 1. The molecule has 0 unspecified atom stereocenters. The fourth-order valence-corrected chi connectivity index (χ4v) is 3.68. The van der Waals surface area contributed by atoms with Crippen LogP contribution in [0.3, 0.4) is 0 Å². The number of nitrogens with zero attached hydrogens (tertiary/aromatic N) is 2. The summed E-state index contributed by atoms with van der Waals surface area (Å²) in [5, 5.41) is 6.66. The van der Waals surface area contributed by atoms with Crippen LogP contribution in [-0.2, 0) is 0 Å². The molecule has 0 spiro atoms. The minimum Gasteiger partial charge on any atom is -0.349 e. The number of hydrogen-bond donors (Lipinski definition) is 2. The van der Waals surface area contributed by atoms with E-state index in [0.29, 0.717) is 42.7 Å². The first-order valence-corrected chi connectivity index (χ1v) is 9.98. The van der Waals surface area contributed by atoms with Crippen LogP contribution in [0.5, 0.6) is 0 Å². The molecule has 0 bridgehead atoms. The second kappa shape index (κ2) is 8.49. The molecule has 1 aromatic heterocycles. The summed E-state index contributed by atoms with van der Waals surface area (Å²) in [7, 11) is 0. The van der Waals surface area contributed by atoms with Crippen LogP contribution in [0.4, 0.5) is 14.9 Å². The van der Waals surface area contributed by atoms with Gasteiger partial charge in [-0.05, 0) is 50.1 Å². The van der Waals surface area contributed by atoms with E-state index in [-0.39, 0.29) is 23.8 Å². The van der Waals surface area contributed by atoms with Crippen LogP contribution in [0.25, 0.3) is 10.9 Å². The molecular weight excluding hydrogens is 383 g/mol. The topological polar surface area (TPSA) is 74.3 Å². The van der Waals surface area contributed by atoms with Gasteiger partial charge in [0.15, 0.2) is 0 Å². The minimum absolute atomic E-state index is 0.0124. The number of amides is 3. The zero-order valence-corrected chi connectivity index (χ0v) is 16.7. The highest BCUT2D eigenvalue weighted by atomic mass is 19.1. The number of nitrogens with one attached hydrogen (secondary N) is 2. The van der Waals surface area contributed by atoms with Crippen LogP contribution in [0.2, 0.25) is 0 Å². The normalized spacial score (nSPS) is 14.5. The van der Waals surface area contributed by atoms with Crippen molar-refractivity contribution in [2.75, 3.05) is 18.4 Å². The molecule has 1 saturated heterocycles. The van der Waals surface area contributed by atoms with Crippen LogP contribution in [0.15, 0.2) is 54.6 Å². The number of carbonyl (C=O) groups excluding carboxylic acids is 2. The molecule has 154 valence electrons. The lowest BCUT2D eigenvalue weighted by atomic mass is 10.0. The van der Waals surface area contributed by atoms with E-state index in [0.717, 1.165) is 11.1 Å². The number of aryl methyl sites for hydroxylation is 1. The Kier molecular flexibility index (Phi) is 5.61. The van der Waals surface area contributed by atoms with Crippen molar-refractivity contribution in [3.8, 4) is 0 Å². The molecule has 0 saturated carbocycles. The fourth-order valence-electron chi connectivity index (χ4n) is 3.68. The molecule has 4 rings (SSSR count). The summed E-state index contributed by atoms with van der Waals surface area (Å²) in [5.41, 5.74) is 2.34. The van der Waals surface area contributed by atoms with Gasteiger partial charge in [0.25, 0.3) is 5.91 Å². The van der Waals surface area contributed by atoms with Crippen molar-refractivity contribution in [2.45, 2.75) is 25.8 Å². The van der Waals surface area contributed by atoms with E-state index < -0.39 is 0 Å². The molecule has 6 nitrogen and oxygen atoms in total. The third kappa shape index (κ3) is 4.40. The number of pyridine rings is 1. The highest BCUT2D eigenvalue weighted by Gasteiger charge is 2.25. The Hall–Kier alpha value is -3.48. The van der Waals surface area contributed by atoms with Gasteiger partial charge < -0.3 is 15.5 Å². The number of carbonyl (C=O) groups is 2. The largest absolute Gasteiger partial charge is 0.349 e. The second-order valence-corrected chi connectivity index (χ2v) is 7.49. The monoisotopic (exact) mass is 406 g/mol. The SMILES string of the molecule is Cc1nc2cc(F)ccc2cc1C(=O)NC1CCN(C(=O)Nc2ccccc2)CC1. The first-order valence-electron chi connectivity index (χ1n) is 9.98. The van der Waals surface area contributed by atoms with E-state index in [9.17, 15) is 14.0 Å². The van der Waals surface area contributed by atoms with Gasteiger partial charge in [-0.3, -0.25) is 9.78 Å². The Labute approximate surface area is 174 Å². The minimum atomic E-state index is -0.352. The van der Waals surface area contributed by atoms with Crippen molar-refractivity contribution in [1.82, 2.24) is 15.2 Å². The number of urea groups is 1. The molecule has 0 atom stereocenters. The quantitative estimate of drug-likeness (QED) is 0.687. The van der Waals surface area contributed by atoms with Crippen LogP contribution in [0, 0.1) is 12.7 Å². The number of hydrogen-bond acceptors (Lipinski definition) is 3. The molecule has 2 N–H and O–H groups in total. The summed E-state index contributed by atoms with van der Waals surface area (Å²) in [6, 6.07) is 15.3. The van der Waals surface area contributed by atoms with Crippen molar-refractivity contribution >= 4 is 28.5 Å².